The normalized spacial score (nSPS) is 15.2. The zero-order valence-electron chi connectivity index (χ0n) is 20.1. The highest BCUT2D eigenvalue weighted by molar-refractivity contribution is 7.07. The summed E-state index contributed by atoms with van der Waals surface area (Å²) in [5, 5.41) is 18.0. The van der Waals surface area contributed by atoms with Gasteiger partial charge in [-0.3, -0.25) is 15.1 Å². The minimum atomic E-state index is -0.399. The molecule has 2 heterocycles. The highest BCUT2D eigenvalue weighted by atomic mass is 32.1. The number of pyridine rings is 1. The summed E-state index contributed by atoms with van der Waals surface area (Å²) in [5.74, 6) is 0.654. The number of thiazole rings is 1. The number of nitro benzene ring substituents is 1. The Morgan fingerprint density at radius 1 is 1.06 bits per heavy atom. The highest BCUT2D eigenvalue weighted by Crippen LogP contribution is 2.33. The second kappa shape index (κ2) is 10.8. The standard InChI is InChI=1S/C28H27N5O2S/c1-20(21-13-15-26(16-14-21)33(34)35)31-32-27(19-36-28(32)30-25-8-5-17-29-18-25)24-11-9-23(10-12-24)22-6-3-2-4-7-22/h5,8-19,22H,2-4,6-7H2,1H3. The van der Waals surface area contributed by atoms with E-state index in [0.29, 0.717) is 5.92 Å². The molecule has 0 radical (unpaired) electrons. The fourth-order valence-electron chi connectivity index (χ4n) is 4.60. The lowest BCUT2D eigenvalue weighted by Crippen LogP contribution is -2.14. The molecule has 1 fully saturated rings. The van der Waals surface area contributed by atoms with E-state index in [0.717, 1.165) is 33.0 Å². The molecule has 0 N–H and O–H groups in total. The van der Waals surface area contributed by atoms with Gasteiger partial charge in [-0.1, -0.05) is 43.5 Å². The van der Waals surface area contributed by atoms with Crippen molar-refractivity contribution in [1.29, 1.82) is 0 Å². The monoisotopic (exact) mass is 497 g/mol. The van der Waals surface area contributed by atoms with E-state index in [1.54, 1.807) is 24.5 Å². The van der Waals surface area contributed by atoms with Crippen LogP contribution in [0.1, 0.15) is 56.1 Å². The van der Waals surface area contributed by atoms with Crippen molar-refractivity contribution in [1.82, 2.24) is 9.66 Å². The first-order chi connectivity index (χ1) is 17.6. The van der Waals surface area contributed by atoms with Gasteiger partial charge in [0.2, 0.25) is 4.80 Å². The smallest absolute Gasteiger partial charge is 0.262 e. The van der Waals surface area contributed by atoms with Gasteiger partial charge in [0.1, 0.15) is 0 Å². The molecule has 5 rings (SSSR count). The first-order valence-corrected chi connectivity index (χ1v) is 13.0. The van der Waals surface area contributed by atoms with E-state index in [1.165, 1.54) is 61.1 Å². The van der Waals surface area contributed by atoms with Gasteiger partial charge in [-0.2, -0.15) is 5.10 Å². The number of nitrogens with zero attached hydrogens (tertiary/aromatic N) is 5. The van der Waals surface area contributed by atoms with Gasteiger partial charge >= 0.3 is 0 Å². The Balaban J connectivity index is 1.55. The molecule has 4 aromatic rings. The molecule has 1 aliphatic carbocycles. The summed E-state index contributed by atoms with van der Waals surface area (Å²) in [6.45, 7) is 1.90. The molecule has 0 unspecified atom stereocenters. The van der Waals surface area contributed by atoms with Gasteiger partial charge in [-0.05, 0) is 61.1 Å². The summed E-state index contributed by atoms with van der Waals surface area (Å²) in [6.07, 6.45) is 9.95. The Bertz CT molecular complexity index is 1430. The summed E-state index contributed by atoms with van der Waals surface area (Å²) in [5.41, 5.74) is 5.77. The molecular formula is C28H27N5O2S. The van der Waals surface area contributed by atoms with Crippen LogP contribution in [0.4, 0.5) is 11.4 Å². The van der Waals surface area contributed by atoms with Crippen LogP contribution < -0.4 is 4.80 Å². The largest absolute Gasteiger partial charge is 0.269 e. The molecule has 0 saturated heterocycles. The third-order valence-corrected chi connectivity index (χ3v) is 7.40. The van der Waals surface area contributed by atoms with Gasteiger partial charge in [0.05, 0.1) is 28.2 Å². The number of benzene rings is 2. The third kappa shape index (κ3) is 5.33. The van der Waals surface area contributed by atoms with Crippen molar-refractivity contribution < 1.29 is 4.92 Å². The van der Waals surface area contributed by atoms with Crippen molar-refractivity contribution in [3.05, 3.63) is 104 Å². The minimum Gasteiger partial charge on any atom is -0.262 e. The van der Waals surface area contributed by atoms with Crippen molar-refractivity contribution in [2.45, 2.75) is 44.9 Å². The first-order valence-electron chi connectivity index (χ1n) is 12.1. The molecular weight excluding hydrogens is 470 g/mol. The zero-order valence-corrected chi connectivity index (χ0v) is 20.9. The van der Waals surface area contributed by atoms with Crippen LogP contribution in [0.2, 0.25) is 0 Å². The van der Waals surface area contributed by atoms with Crippen LogP contribution in [-0.4, -0.2) is 20.3 Å². The SMILES string of the molecule is CC(=Nn1c(-c2ccc(C3CCCCC3)cc2)csc1=Nc1cccnc1)c1ccc([N+](=O)[O-])cc1. The van der Waals surface area contributed by atoms with Crippen LogP contribution in [0.15, 0.2) is 88.5 Å². The molecule has 182 valence electrons. The van der Waals surface area contributed by atoms with Gasteiger partial charge in [-0.15, -0.1) is 11.3 Å². The van der Waals surface area contributed by atoms with Crippen LogP contribution in [-0.2, 0) is 0 Å². The number of nitro groups is 1. The van der Waals surface area contributed by atoms with Crippen molar-refractivity contribution in [2.24, 2.45) is 10.1 Å². The molecule has 2 aromatic carbocycles. The van der Waals surface area contributed by atoms with E-state index < -0.39 is 4.92 Å². The maximum absolute atomic E-state index is 11.0. The van der Waals surface area contributed by atoms with Crippen LogP contribution in [0, 0.1) is 10.1 Å². The Labute approximate surface area is 213 Å². The average Bonchev–Trinajstić information content (AvgIpc) is 3.31. The van der Waals surface area contributed by atoms with E-state index in [1.807, 2.05) is 23.7 Å². The van der Waals surface area contributed by atoms with E-state index in [4.69, 9.17) is 10.1 Å². The lowest BCUT2D eigenvalue weighted by atomic mass is 9.84. The second-order valence-electron chi connectivity index (χ2n) is 8.98. The molecule has 36 heavy (non-hydrogen) atoms. The van der Waals surface area contributed by atoms with E-state index in [9.17, 15) is 10.1 Å². The summed E-state index contributed by atoms with van der Waals surface area (Å²) < 4.78 is 1.85. The van der Waals surface area contributed by atoms with Crippen molar-refractivity contribution in [2.75, 3.05) is 0 Å². The van der Waals surface area contributed by atoms with Crippen molar-refractivity contribution >= 4 is 28.4 Å². The van der Waals surface area contributed by atoms with Crippen molar-refractivity contribution in [3.63, 3.8) is 0 Å². The number of rotatable bonds is 6. The lowest BCUT2D eigenvalue weighted by molar-refractivity contribution is -0.384. The highest BCUT2D eigenvalue weighted by Gasteiger charge is 2.16. The molecule has 1 saturated carbocycles. The quantitative estimate of drug-likeness (QED) is 0.162. The fraction of sp³-hybridized carbons (Fsp3) is 0.250. The van der Waals surface area contributed by atoms with Gasteiger partial charge in [0, 0.05) is 29.3 Å². The van der Waals surface area contributed by atoms with E-state index >= 15 is 0 Å². The molecule has 0 amide bonds. The Morgan fingerprint density at radius 2 is 1.81 bits per heavy atom. The maximum Gasteiger partial charge on any atom is 0.269 e. The Kier molecular flexibility index (Phi) is 7.13. The molecule has 0 spiro atoms. The second-order valence-corrected chi connectivity index (χ2v) is 9.82. The molecule has 1 aliphatic rings. The van der Waals surface area contributed by atoms with Crippen molar-refractivity contribution in [3.8, 4) is 11.3 Å². The predicted octanol–water partition coefficient (Wildman–Crippen LogP) is 7.07. The van der Waals surface area contributed by atoms with Gasteiger partial charge in [-0.25, -0.2) is 9.67 Å². The number of hydrogen-bond donors (Lipinski definition) is 0. The summed E-state index contributed by atoms with van der Waals surface area (Å²) in [7, 11) is 0. The number of aromatic nitrogens is 2. The predicted molar refractivity (Wildman–Crippen MR) is 144 cm³/mol. The average molecular weight is 498 g/mol. The number of hydrogen-bond acceptors (Lipinski definition) is 6. The molecule has 0 atom stereocenters. The molecule has 7 nitrogen and oxygen atoms in total. The Hall–Kier alpha value is -3.91. The lowest BCUT2D eigenvalue weighted by Gasteiger charge is -2.22. The van der Waals surface area contributed by atoms with Gasteiger partial charge < -0.3 is 0 Å². The van der Waals surface area contributed by atoms with Crippen LogP contribution in [0.25, 0.3) is 11.3 Å². The molecule has 0 aliphatic heterocycles. The maximum atomic E-state index is 11.0. The molecule has 2 aromatic heterocycles. The summed E-state index contributed by atoms with van der Waals surface area (Å²) in [6, 6.07) is 19.0. The number of non-ortho nitro benzene ring substituents is 1. The van der Waals surface area contributed by atoms with Gasteiger partial charge in [0.15, 0.2) is 0 Å². The first kappa shape index (κ1) is 23.8. The van der Waals surface area contributed by atoms with E-state index in [2.05, 4.69) is 34.6 Å². The van der Waals surface area contributed by atoms with Crippen LogP contribution >= 0.6 is 11.3 Å². The zero-order chi connectivity index (χ0) is 24.9. The fourth-order valence-corrected chi connectivity index (χ4v) is 5.45. The topological polar surface area (TPSA) is 85.7 Å². The molecule has 8 heteroatoms. The minimum absolute atomic E-state index is 0.0562. The van der Waals surface area contributed by atoms with Gasteiger partial charge in [0.25, 0.3) is 5.69 Å². The third-order valence-electron chi connectivity index (χ3n) is 6.58. The van der Waals surface area contributed by atoms with Crippen LogP contribution in [0.5, 0.6) is 0 Å². The molecule has 0 bridgehead atoms. The Morgan fingerprint density at radius 3 is 2.47 bits per heavy atom. The van der Waals surface area contributed by atoms with E-state index in [-0.39, 0.29) is 5.69 Å². The summed E-state index contributed by atoms with van der Waals surface area (Å²) >= 11 is 1.51. The summed E-state index contributed by atoms with van der Waals surface area (Å²) in [4.78, 5) is 20.3. The van der Waals surface area contributed by atoms with Crippen LogP contribution in [0.3, 0.4) is 0 Å².